The molecule has 1 saturated heterocycles. The summed E-state index contributed by atoms with van der Waals surface area (Å²) in [5, 5.41) is 0.627. The fourth-order valence-corrected chi connectivity index (χ4v) is 6.08. The minimum Gasteiger partial charge on any atom is -0.493 e. The fourth-order valence-electron chi connectivity index (χ4n) is 5.12. The largest absolute Gasteiger partial charge is 0.493 e. The molecule has 2 heterocycles. The zero-order chi connectivity index (χ0) is 32.4. The van der Waals surface area contributed by atoms with E-state index >= 15 is 0 Å². The van der Waals surface area contributed by atoms with Crippen LogP contribution in [0.2, 0.25) is 0 Å². The van der Waals surface area contributed by atoms with E-state index in [1.54, 1.807) is 18.2 Å². The number of rotatable bonds is 7. The molecule has 3 aromatic carbocycles. The molecule has 238 valence electrons. The van der Waals surface area contributed by atoms with Gasteiger partial charge in [-0.05, 0) is 60.2 Å². The Morgan fingerprint density at radius 1 is 0.911 bits per heavy atom. The third kappa shape index (κ3) is 7.64. The molecule has 13 heteroatoms. The van der Waals surface area contributed by atoms with E-state index in [0.29, 0.717) is 21.7 Å². The van der Waals surface area contributed by atoms with Crippen LogP contribution in [0.4, 0.5) is 26.3 Å². The Hall–Kier alpha value is -3.97. The molecule has 0 saturated carbocycles. The van der Waals surface area contributed by atoms with Crippen LogP contribution in [0.5, 0.6) is 11.5 Å². The lowest BCUT2D eigenvalue weighted by Crippen LogP contribution is -2.48. The van der Waals surface area contributed by atoms with E-state index in [1.807, 2.05) is 18.2 Å². The molecular weight excluding hydrogens is 620 g/mol. The van der Waals surface area contributed by atoms with Gasteiger partial charge in [0.25, 0.3) is 5.91 Å². The predicted octanol–water partition coefficient (Wildman–Crippen LogP) is 7.66. The second-order valence-corrected chi connectivity index (χ2v) is 11.5. The van der Waals surface area contributed by atoms with Gasteiger partial charge in [-0.1, -0.05) is 42.5 Å². The van der Waals surface area contributed by atoms with Gasteiger partial charge < -0.3 is 14.4 Å². The van der Waals surface area contributed by atoms with Crippen LogP contribution in [0.25, 0.3) is 6.08 Å². The Labute approximate surface area is 260 Å². The van der Waals surface area contributed by atoms with Crippen molar-refractivity contribution in [2.24, 2.45) is 4.99 Å². The highest BCUT2D eigenvalue weighted by Gasteiger charge is 2.38. The van der Waals surface area contributed by atoms with Gasteiger partial charge in [0.1, 0.15) is 6.61 Å². The summed E-state index contributed by atoms with van der Waals surface area (Å²) in [5.41, 5.74) is -1.48. The molecule has 0 aliphatic carbocycles. The number of hydrogen-bond acceptors (Lipinski definition) is 6. The SMILES string of the molecule is COc1cc(/C=C2\SC(N3CCN(C(C)c4ccccc4)CC3)=NC2=O)ccc1OCc1ccc(C(F)(F)F)cc1C(F)(F)F. The molecule has 2 aliphatic heterocycles. The molecule has 0 N–H and O–H groups in total. The molecule has 0 bridgehead atoms. The van der Waals surface area contributed by atoms with Gasteiger partial charge in [0.05, 0.1) is 23.1 Å². The second kappa shape index (κ2) is 13.2. The monoisotopic (exact) mass is 649 g/mol. The first-order chi connectivity index (χ1) is 21.3. The number of halogens is 6. The van der Waals surface area contributed by atoms with Crippen molar-refractivity contribution in [2.75, 3.05) is 33.3 Å². The maximum absolute atomic E-state index is 13.5. The normalized spacial score (nSPS) is 17.9. The van der Waals surface area contributed by atoms with Crippen molar-refractivity contribution in [1.82, 2.24) is 9.80 Å². The summed E-state index contributed by atoms with van der Waals surface area (Å²) in [6.07, 6.45) is -8.30. The number of piperazine rings is 1. The summed E-state index contributed by atoms with van der Waals surface area (Å²) in [5.74, 6) is -0.126. The number of aliphatic imine (C=N–C) groups is 1. The summed E-state index contributed by atoms with van der Waals surface area (Å²) >= 11 is 1.27. The van der Waals surface area contributed by atoms with E-state index < -0.39 is 35.6 Å². The van der Waals surface area contributed by atoms with Gasteiger partial charge >= 0.3 is 12.4 Å². The maximum atomic E-state index is 13.5. The molecule has 0 aromatic heterocycles. The van der Waals surface area contributed by atoms with E-state index in [1.165, 1.54) is 30.5 Å². The van der Waals surface area contributed by atoms with Crippen molar-refractivity contribution >= 4 is 28.9 Å². The molecule has 45 heavy (non-hydrogen) atoms. The Kier molecular flexibility index (Phi) is 9.49. The summed E-state index contributed by atoms with van der Waals surface area (Å²) < 4.78 is 90.5. The number of methoxy groups -OCH3 is 1. The van der Waals surface area contributed by atoms with Gasteiger partial charge in [-0.15, -0.1) is 0 Å². The first-order valence-electron chi connectivity index (χ1n) is 14.0. The number of thioether (sulfide) groups is 1. The van der Waals surface area contributed by atoms with Crippen LogP contribution in [0.3, 0.4) is 0 Å². The zero-order valence-electron chi connectivity index (χ0n) is 24.3. The standard InChI is InChI=1S/C32H29F6N3O3S/c1-20(22-6-4-3-5-7-22)40-12-14-41(15-13-40)30-39-29(42)28(45-30)17-21-8-11-26(27(16-21)43-2)44-19-23-9-10-24(31(33,34)35)18-25(23)32(36,37)38/h3-11,16-18,20H,12-15,19H2,1-2H3/b28-17-. The molecule has 6 nitrogen and oxygen atoms in total. The lowest BCUT2D eigenvalue weighted by molar-refractivity contribution is -0.143. The van der Waals surface area contributed by atoms with Gasteiger partial charge in [0.15, 0.2) is 16.7 Å². The quantitative estimate of drug-likeness (QED) is 0.194. The van der Waals surface area contributed by atoms with E-state index in [4.69, 9.17) is 9.47 Å². The number of benzene rings is 3. The first kappa shape index (κ1) is 32.4. The first-order valence-corrected chi connectivity index (χ1v) is 14.8. The van der Waals surface area contributed by atoms with Crippen molar-refractivity contribution in [3.63, 3.8) is 0 Å². The van der Waals surface area contributed by atoms with Gasteiger partial charge in [-0.2, -0.15) is 31.3 Å². The smallest absolute Gasteiger partial charge is 0.416 e. The van der Waals surface area contributed by atoms with E-state index in [-0.39, 0.29) is 29.5 Å². The Bertz CT molecular complexity index is 1600. The van der Waals surface area contributed by atoms with Crippen LogP contribution in [0.1, 0.15) is 40.8 Å². The number of carbonyl (C=O) groups excluding carboxylic acids is 1. The molecule has 0 radical (unpaired) electrons. The Balaban J connectivity index is 1.23. The number of hydrogen-bond donors (Lipinski definition) is 0. The van der Waals surface area contributed by atoms with Crippen molar-refractivity contribution in [2.45, 2.75) is 31.9 Å². The molecule has 3 aromatic rings. The highest BCUT2D eigenvalue weighted by Crippen LogP contribution is 2.39. The predicted molar refractivity (Wildman–Crippen MR) is 160 cm³/mol. The van der Waals surface area contributed by atoms with Crippen LogP contribution < -0.4 is 9.47 Å². The maximum Gasteiger partial charge on any atom is 0.416 e. The Morgan fingerprint density at radius 2 is 1.62 bits per heavy atom. The molecule has 5 rings (SSSR count). The highest BCUT2D eigenvalue weighted by atomic mass is 32.2. The van der Waals surface area contributed by atoms with Crippen LogP contribution in [-0.2, 0) is 23.8 Å². The number of amidine groups is 1. The van der Waals surface area contributed by atoms with Crippen molar-refractivity contribution in [3.05, 3.63) is 99.5 Å². The highest BCUT2D eigenvalue weighted by molar-refractivity contribution is 8.18. The molecule has 0 spiro atoms. The minimum atomic E-state index is -5.01. The minimum absolute atomic E-state index is 0.0724. The third-order valence-electron chi connectivity index (χ3n) is 7.63. The van der Waals surface area contributed by atoms with Gasteiger partial charge in [-0.3, -0.25) is 9.69 Å². The van der Waals surface area contributed by atoms with Crippen molar-refractivity contribution in [3.8, 4) is 11.5 Å². The average molecular weight is 650 g/mol. The van der Waals surface area contributed by atoms with Gasteiger partial charge in [-0.25, -0.2) is 0 Å². The average Bonchev–Trinajstić information content (AvgIpc) is 3.39. The van der Waals surface area contributed by atoms with E-state index in [0.717, 1.165) is 32.2 Å². The summed E-state index contributed by atoms with van der Waals surface area (Å²) in [4.78, 5) is 21.9. The second-order valence-electron chi connectivity index (χ2n) is 10.5. The fraction of sp³-hybridized carbons (Fsp3) is 0.312. The third-order valence-corrected chi connectivity index (χ3v) is 8.68. The molecular formula is C32H29F6N3O3S. The summed E-state index contributed by atoms with van der Waals surface area (Å²) in [6, 6.07) is 16.5. The van der Waals surface area contributed by atoms with Crippen LogP contribution in [0.15, 0.2) is 76.6 Å². The molecule has 1 unspecified atom stereocenters. The lowest BCUT2D eigenvalue weighted by Gasteiger charge is -2.38. The number of amides is 1. The summed E-state index contributed by atoms with van der Waals surface area (Å²) in [6.45, 7) is 4.61. The Morgan fingerprint density at radius 3 is 2.27 bits per heavy atom. The van der Waals surface area contributed by atoms with Crippen LogP contribution in [-0.4, -0.2) is 54.2 Å². The molecule has 1 atom stereocenters. The topological polar surface area (TPSA) is 54.4 Å². The van der Waals surface area contributed by atoms with Crippen molar-refractivity contribution < 1.29 is 40.6 Å². The van der Waals surface area contributed by atoms with Crippen LogP contribution >= 0.6 is 11.8 Å². The molecule has 1 amide bonds. The van der Waals surface area contributed by atoms with E-state index in [2.05, 4.69) is 33.8 Å². The number of alkyl halides is 6. The zero-order valence-corrected chi connectivity index (χ0v) is 25.1. The van der Waals surface area contributed by atoms with E-state index in [9.17, 15) is 31.1 Å². The summed E-state index contributed by atoms with van der Waals surface area (Å²) in [7, 11) is 1.34. The molecule has 2 aliphatic rings. The number of nitrogens with zero attached hydrogens (tertiary/aromatic N) is 3. The van der Waals surface area contributed by atoms with Crippen molar-refractivity contribution in [1.29, 1.82) is 0 Å². The lowest BCUT2D eigenvalue weighted by atomic mass is 10.0. The van der Waals surface area contributed by atoms with Gasteiger partial charge in [0, 0.05) is 37.8 Å². The van der Waals surface area contributed by atoms with Crippen LogP contribution in [0, 0.1) is 0 Å². The number of ether oxygens (including phenoxy) is 2. The van der Waals surface area contributed by atoms with Gasteiger partial charge in [0.2, 0.25) is 0 Å². The number of carbonyl (C=O) groups is 1. The molecule has 1 fully saturated rings.